The van der Waals surface area contributed by atoms with Crippen LogP contribution >= 0.6 is 11.6 Å². The van der Waals surface area contributed by atoms with Crippen molar-refractivity contribution >= 4 is 29.3 Å². The number of ether oxygens (including phenoxy) is 1. The van der Waals surface area contributed by atoms with Crippen LogP contribution in [0.5, 0.6) is 5.75 Å². The molecule has 0 aliphatic carbocycles. The largest absolute Gasteiger partial charge is 0.496 e. The molecular weight excluding hydrogens is 307 g/mol. The van der Waals surface area contributed by atoms with Gasteiger partial charge in [0.25, 0.3) is 5.91 Å². The maximum absolute atomic E-state index is 13.4. The lowest BCUT2D eigenvalue weighted by Gasteiger charge is -2.07. The first kappa shape index (κ1) is 15.9. The Kier molecular flexibility index (Phi) is 5.38. The molecule has 0 aliphatic heterocycles. The van der Waals surface area contributed by atoms with Gasteiger partial charge in [-0.25, -0.2) is 4.39 Å². The van der Waals surface area contributed by atoms with Crippen molar-refractivity contribution < 1.29 is 13.9 Å². The van der Waals surface area contributed by atoms with Gasteiger partial charge in [-0.1, -0.05) is 23.7 Å². The van der Waals surface area contributed by atoms with E-state index >= 15 is 0 Å². The highest BCUT2D eigenvalue weighted by molar-refractivity contribution is 6.30. The number of rotatable bonds is 5. The van der Waals surface area contributed by atoms with Gasteiger partial charge in [0.15, 0.2) is 0 Å². The maximum atomic E-state index is 13.4. The van der Waals surface area contributed by atoms with Crippen molar-refractivity contribution in [2.24, 2.45) is 0 Å². The van der Waals surface area contributed by atoms with Crippen molar-refractivity contribution in [3.63, 3.8) is 0 Å². The lowest BCUT2D eigenvalue weighted by atomic mass is 10.2. The molecule has 2 aromatic rings. The fraction of sp³-hybridized carbons (Fsp3) is 0.0625. The highest BCUT2D eigenvalue weighted by Gasteiger charge is 2.03. The lowest BCUT2D eigenvalue weighted by Crippen LogP contribution is -2.27. The monoisotopic (exact) mass is 320 g/mol. The zero-order chi connectivity index (χ0) is 15.9. The average Bonchev–Trinajstić information content (AvgIpc) is 2.52. The third-order valence-corrected chi connectivity index (χ3v) is 3.04. The van der Waals surface area contributed by atoms with Crippen LogP contribution in [0.3, 0.4) is 0 Å². The van der Waals surface area contributed by atoms with Crippen LogP contribution in [-0.2, 0) is 4.79 Å². The molecule has 2 N–H and O–H groups in total. The molecule has 0 aliphatic rings. The van der Waals surface area contributed by atoms with E-state index in [1.807, 2.05) is 0 Å². The predicted molar refractivity (Wildman–Crippen MR) is 85.2 cm³/mol. The van der Waals surface area contributed by atoms with Crippen molar-refractivity contribution in [1.82, 2.24) is 5.43 Å². The van der Waals surface area contributed by atoms with Crippen LogP contribution in [0.25, 0.3) is 6.08 Å². The van der Waals surface area contributed by atoms with Crippen LogP contribution in [-0.4, -0.2) is 13.0 Å². The minimum atomic E-state index is -0.455. The summed E-state index contributed by atoms with van der Waals surface area (Å²) in [7, 11) is 1.53. The third kappa shape index (κ3) is 4.23. The van der Waals surface area contributed by atoms with E-state index in [0.29, 0.717) is 16.3 Å². The smallest absolute Gasteiger partial charge is 0.262 e. The zero-order valence-corrected chi connectivity index (χ0v) is 12.5. The zero-order valence-electron chi connectivity index (χ0n) is 11.8. The molecule has 0 spiro atoms. The fourth-order valence-electron chi connectivity index (χ4n) is 1.73. The summed E-state index contributed by atoms with van der Waals surface area (Å²) in [4.78, 5) is 11.7. The third-order valence-electron chi connectivity index (χ3n) is 2.80. The van der Waals surface area contributed by atoms with Crippen molar-refractivity contribution in [3.8, 4) is 5.75 Å². The minimum absolute atomic E-state index is 0.185. The molecule has 2 rings (SSSR count). The van der Waals surface area contributed by atoms with E-state index in [0.717, 1.165) is 0 Å². The number of nitrogens with one attached hydrogen (secondary N) is 2. The van der Waals surface area contributed by atoms with E-state index in [1.54, 1.807) is 36.4 Å². The molecule has 0 radical (unpaired) electrons. The maximum Gasteiger partial charge on any atom is 0.262 e. The molecule has 0 atom stereocenters. The van der Waals surface area contributed by atoms with E-state index in [2.05, 4.69) is 10.9 Å². The Morgan fingerprint density at radius 3 is 2.77 bits per heavy atom. The first-order valence-electron chi connectivity index (χ1n) is 6.42. The molecular formula is C16H14ClFN2O2. The molecule has 0 fully saturated rings. The van der Waals surface area contributed by atoms with Gasteiger partial charge in [-0.15, -0.1) is 0 Å². The second-order valence-corrected chi connectivity index (χ2v) is 4.75. The van der Waals surface area contributed by atoms with Gasteiger partial charge in [-0.3, -0.25) is 15.6 Å². The summed E-state index contributed by atoms with van der Waals surface area (Å²) in [6, 6.07) is 11.1. The lowest BCUT2D eigenvalue weighted by molar-refractivity contribution is -0.115. The van der Waals surface area contributed by atoms with E-state index < -0.39 is 11.7 Å². The minimum Gasteiger partial charge on any atom is -0.496 e. The van der Waals surface area contributed by atoms with E-state index in [4.69, 9.17) is 16.3 Å². The van der Waals surface area contributed by atoms with Gasteiger partial charge in [-0.05, 0) is 36.4 Å². The van der Waals surface area contributed by atoms with Crippen LogP contribution in [0.4, 0.5) is 10.1 Å². The van der Waals surface area contributed by atoms with Crippen molar-refractivity contribution in [1.29, 1.82) is 0 Å². The van der Waals surface area contributed by atoms with Gasteiger partial charge in [-0.2, -0.15) is 0 Å². The number of para-hydroxylation sites is 1. The van der Waals surface area contributed by atoms with Crippen molar-refractivity contribution in [3.05, 3.63) is 64.9 Å². The van der Waals surface area contributed by atoms with Gasteiger partial charge in [0.05, 0.1) is 12.8 Å². The standard InChI is InChI=1S/C16H14ClFN2O2/c1-22-15-8-7-12(17)10-11(15)6-9-16(21)20-19-14-5-3-2-4-13(14)18/h2-10,19H,1H3,(H,20,21). The number of benzene rings is 2. The summed E-state index contributed by atoms with van der Waals surface area (Å²) in [5.74, 6) is -0.302. The fourth-order valence-corrected chi connectivity index (χ4v) is 1.91. The Hall–Kier alpha value is -2.53. The SMILES string of the molecule is COc1ccc(Cl)cc1C=CC(=O)NNc1ccccc1F. The van der Waals surface area contributed by atoms with Crippen molar-refractivity contribution in [2.45, 2.75) is 0 Å². The van der Waals surface area contributed by atoms with E-state index in [-0.39, 0.29) is 5.69 Å². The molecule has 114 valence electrons. The molecule has 6 heteroatoms. The average molecular weight is 321 g/mol. The molecule has 0 heterocycles. The number of hydrazine groups is 1. The van der Waals surface area contributed by atoms with Crippen LogP contribution < -0.4 is 15.6 Å². The summed E-state index contributed by atoms with van der Waals surface area (Å²) in [6.45, 7) is 0. The van der Waals surface area contributed by atoms with Gasteiger partial charge >= 0.3 is 0 Å². The number of halogens is 2. The number of carbonyl (C=O) groups excluding carboxylic acids is 1. The van der Waals surface area contributed by atoms with E-state index in [1.165, 1.54) is 25.3 Å². The predicted octanol–water partition coefficient (Wildman–Crippen LogP) is 3.64. The second kappa shape index (κ2) is 7.47. The highest BCUT2D eigenvalue weighted by atomic mass is 35.5. The number of methoxy groups -OCH3 is 1. The first-order chi connectivity index (χ1) is 10.6. The van der Waals surface area contributed by atoms with Crippen LogP contribution in [0.1, 0.15) is 5.56 Å². The Labute approximate surface area is 132 Å². The summed E-state index contributed by atoms with van der Waals surface area (Å²) in [5, 5.41) is 0.533. The first-order valence-corrected chi connectivity index (χ1v) is 6.80. The summed E-state index contributed by atoms with van der Waals surface area (Å²) in [5.41, 5.74) is 5.73. The van der Waals surface area contributed by atoms with Gasteiger partial charge in [0, 0.05) is 16.7 Å². The molecule has 0 saturated carbocycles. The molecule has 1 amide bonds. The van der Waals surface area contributed by atoms with Crippen molar-refractivity contribution in [2.75, 3.05) is 12.5 Å². The topological polar surface area (TPSA) is 50.4 Å². The molecule has 2 aromatic carbocycles. The number of amides is 1. The van der Waals surface area contributed by atoms with Gasteiger partial charge < -0.3 is 4.74 Å². The highest BCUT2D eigenvalue weighted by Crippen LogP contribution is 2.23. The summed E-state index contributed by atoms with van der Waals surface area (Å²) in [6.07, 6.45) is 2.85. The number of hydrogen-bond acceptors (Lipinski definition) is 3. The normalized spacial score (nSPS) is 10.5. The van der Waals surface area contributed by atoms with E-state index in [9.17, 15) is 9.18 Å². The summed E-state index contributed by atoms with van der Waals surface area (Å²) >= 11 is 5.90. The Morgan fingerprint density at radius 1 is 1.27 bits per heavy atom. The van der Waals surface area contributed by atoms with Crippen LogP contribution in [0.15, 0.2) is 48.5 Å². The quantitative estimate of drug-likeness (QED) is 0.653. The number of hydrogen-bond donors (Lipinski definition) is 2. The molecule has 4 nitrogen and oxygen atoms in total. The Bertz CT molecular complexity index is 704. The number of anilines is 1. The number of carbonyl (C=O) groups is 1. The molecule has 0 aromatic heterocycles. The Balaban J connectivity index is 2.00. The second-order valence-electron chi connectivity index (χ2n) is 4.31. The van der Waals surface area contributed by atoms with Gasteiger partial charge in [0.2, 0.25) is 0 Å². The summed E-state index contributed by atoms with van der Waals surface area (Å²) < 4.78 is 18.5. The molecule has 22 heavy (non-hydrogen) atoms. The van der Waals surface area contributed by atoms with Crippen LogP contribution in [0.2, 0.25) is 5.02 Å². The Morgan fingerprint density at radius 2 is 2.05 bits per heavy atom. The molecule has 0 saturated heterocycles. The van der Waals surface area contributed by atoms with Gasteiger partial charge in [0.1, 0.15) is 11.6 Å². The molecule has 0 bridgehead atoms. The molecule has 0 unspecified atom stereocenters. The van der Waals surface area contributed by atoms with Crippen LogP contribution in [0, 0.1) is 5.82 Å².